The summed E-state index contributed by atoms with van der Waals surface area (Å²) in [5.41, 5.74) is 0. The van der Waals surface area contributed by atoms with Crippen molar-refractivity contribution < 1.29 is 0 Å². The number of nitrogens with one attached hydrogen (secondary N) is 2. The van der Waals surface area contributed by atoms with Crippen molar-refractivity contribution in [2.75, 3.05) is 17.2 Å². The van der Waals surface area contributed by atoms with E-state index in [2.05, 4.69) is 67.9 Å². The van der Waals surface area contributed by atoms with E-state index in [-0.39, 0.29) is 0 Å². The van der Waals surface area contributed by atoms with Gasteiger partial charge < -0.3 is 10.6 Å². The van der Waals surface area contributed by atoms with E-state index >= 15 is 0 Å². The first kappa shape index (κ1) is 15.3. The lowest BCUT2D eigenvalue weighted by Gasteiger charge is -2.16. The van der Waals surface area contributed by atoms with Crippen LogP contribution in [0.3, 0.4) is 0 Å². The van der Waals surface area contributed by atoms with Crippen molar-refractivity contribution in [1.29, 1.82) is 0 Å². The maximum atomic E-state index is 4.31. The Morgan fingerprint density at radius 3 is 2.85 bits per heavy atom. The lowest BCUT2D eigenvalue weighted by molar-refractivity contribution is 0.792. The van der Waals surface area contributed by atoms with E-state index in [1.54, 1.807) is 17.7 Å². The van der Waals surface area contributed by atoms with Gasteiger partial charge in [0, 0.05) is 23.9 Å². The van der Waals surface area contributed by atoms with E-state index in [0.29, 0.717) is 6.04 Å². The van der Waals surface area contributed by atoms with Crippen LogP contribution in [0, 0.1) is 0 Å². The summed E-state index contributed by atoms with van der Waals surface area (Å²) in [6.07, 6.45) is 3.64. The normalized spacial score (nSPS) is 12.2. The molecule has 2 N–H and O–H groups in total. The van der Waals surface area contributed by atoms with Gasteiger partial charge in [-0.25, -0.2) is 9.97 Å². The number of aromatic nitrogens is 2. The number of rotatable bonds is 7. The van der Waals surface area contributed by atoms with E-state index in [9.17, 15) is 0 Å². The smallest absolute Gasteiger partial charge is 0.146 e. The summed E-state index contributed by atoms with van der Waals surface area (Å²) in [6.45, 7) is 5.19. The molecule has 20 heavy (non-hydrogen) atoms. The molecule has 2 rings (SSSR count). The molecular formula is C14H19BrN4S. The van der Waals surface area contributed by atoms with Crippen LogP contribution in [0.5, 0.6) is 0 Å². The summed E-state index contributed by atoms with van der Waals surface area (Å²) >= 11 is 5.35. The third-order valence-electron chi connectivity index (χ3n) is 2.80. The summed E-state index contributed by atoms with van der Waals surface area (Å²) in [5.74, 6) is 1.68. The van der Waals surface area contributed by atoms with Gasteiger partial charge in [0.15, 0.2) is 0 Å². The van der Waals surface area contributed by atoms with Crippen molar-refractivity contribution in [2.45, 2.75) is 32.7 Å². The maximum Gasteiger partial charge on any atom is 0.146 e. The minimum Gasteiger partial charge on any atom is -0.369 e. The standard InChI is InChI=1S/C14H19BrN4S/c1-3-6-16-13-12(15)14(18-9-17-13)19-10(2)8-11-5-4-7-20-11/h4-5,7,9-10H,3,6,8H2,1-2H3,(H2,16,17,18,19). The Balaban J connectivity index is 2.01. The molecule has 0 aromatic carbocycles. The zero-order chi connectivity index (χ0) is 14.4. The Kier molecular flexibility index (Phi) is 5.79. The number of hydrogen-bond acceptors (Lipinski definition) is 5. The molecule has 0 aliphatic rings. The largest absolute Gasteiger partial charge is 0.369 e. The van der Waals surface area contributed by atoms with Gasteiger partial charge >= 0.3 is 0 Å². The van der Waals surface area contributed by atoms with Gasteiger partial charge in [-0.2, -0.15) is 0 Å². The Hall–Kier alpha value is -1.14. The van der Waals surface area contributed by atoms with Gasteiger partial charge in [-0.1, -0.05) is 13.0 Å². The van der Waals surface area contributed by atoms with Crippen LogP contribution >= 0.6 is 27.3 Å². The lowest BCUT2D eigenvalue weighted by Crippen LogP contribution is -2.19. The third kappa shape index (κ3) is 4.18. The van der Waals surface area contributed by atoms with Crippen molar-refractivity contribution in [3.63, 3.8) is 0 Å². The SMILES string of the molecule is CCCNc1ncnc(NC(C)Cc2cccs2)c1Br. The van der Waals surface area contributed by atoms with Gasteiger partial charge in [0.05, 0.1) is 0 Å². The quantitative estimate of drug-likeness (QED) is 0.783. The molecule has 2 aromatic rings. The van der Waals surface area contributed by atoms with Gasteiger partial charge in [-0.3, -0.25) is 0 Å². The van der Waals surface area contributed by atoms with Gasteiger partial charge in [0.2, 0.25) is 0 Å². The van der Waals surface area contributed by atoms with Crippen molar-refractivity contribution in [3.05, 3.63) is 33.2 Å². The fraction of sp³-hybridized carbons (Fsp3) is 0.429. The summed E-state index contributed by atoms with van der Waals surface area (Å²) in [7, 11) is 0. The van der Waals surface area contributed by atoms with E-state index in [4.69, 9.17) is 0 Å². The molecule has 1 unspecified atom stereocenters. The highest BCUT2D eigenvalue weighted by Crippen LogP contribution is 2.27. The average Bonchev–Trinajstić information content (AvgIpc) is 2.92. The first-order valence-corrected chi connectivity index (χ1v) is 8.41. The topological polar surface area (TPSA) is 49.8 Å². The molecule has 0 saturated heterocycles. The maximum absolute atomic E-state index is 4.31. The number of halogens is 1. The highest BCUT2D eigenvalue weighted by Gasteiger charge is 2.11. The predicted octanol–water partition coefficient (Wildman–Crippen LogP) is 4.17. The van der Waals surface area contributed by atoms with Crippen molar-refractivity contribution in [1.82, 2.24) is 9.97 Å². The van der Waals surface area contributed by atoms with Gasteiger partial charge in [0.25, 0.3) is 0 Å². The first-order chi connectivity index (χ1) is 9.70. The second-order valence-corrected chi connectivity index (χ2v) is 6.47. The van der Waals surface area contributed by atoms with Crippen molar-refractivity contribution in [2.24, 2.45) is 0 Å². The van der Waals surface area contributed by atoms with Crippen LogP contribution in [-0.4, -0.2) is 22.6 Å². The molecule has 4 nitrogen and oxygen atoms in total. The number of thiophene rings is 1. The Morgan fingerprint density at radius 2 is 2.15 bits per heavy atom. The third-order valence-corrected chi connectivity index (χ3v) is 4.45. The summed E-state index contributed by atoms with van der Waals surface area (Å²) in [4.78, 5) is 9.94. The fourth-order valence-electron chi connectivity index (χ4n) is 1.85. The summed E-state index contributed by atoms with van der Waals surface area (Å²) < 4.78 is 0.895. The second kappa shape index (κ2) is 7.59. The second-order valence-electron chi connectivity index (χ2n) is 4.64. The average molecular weight is 355 g/mol. The molecule has 0 amide bonds. The van der Waals surface area contributed by atoms with Crippen LogP contribution in [-0.2, 0) is 6.42 Å². The van der Waals surface area contributed by atoms with E-state index in [1.807, 2.05) is 0 Å². The molecule has 0 fully saturated rings. The lowest BCUT2D eigenvalue weighted by atomic mass is 10.2. The molecule has 0 aliphatic carbocycles. The Labute approximate surface area is 132 Å². The minimum atomic E-state index is 0.318. The zero-order valence-electron chi connectivity index (χ0n) is 11.7. The molecule has 0 bridgehead atoms. The molecule has 1 atom stereocenters. The van der Waals surface area contributed by atoms with Crippen LogP contribution in [0.25, 0.3) is 0 Å². The summed E-state index contributed by atoms with van der Waals surface area (Å²) in [6, 6.07) is 4.56. The van der Waals surface area contributed by atoms with Crippen LogP contribution in [0.1, 0.15) is 25.1 Å². The molecule has 6 heteroatoms. The van der Waals surface area contributed by atoms with Crippen molar-refractivity contribution in [3.8, 4) is 0 Å². The predicted molar refractivity (Wildman–Crippen MR) is 89.6 cm³/mol. The molecule has 0 spiro atoms. The van der Waals surface area contributed by atoms with E-state index < -0.39 is 0 Å². The molecule has 0 saturated carbocycles. The molecule has 108 valence electrons. The monoisotopic (exact) mass is 354 g/mol. The fourth-order valence-corrected chi connectivity index (χ4v) is 3.15. The minimum absolute atomic E-state index is 0.318. The molecule has 2 aromatic heterocycles. The molecule has 0 aliphatic heterocycles. The van der Waals surface area contributed by atoms with E-state index in [1.165, 1.54) is 4.88 Å². The highest BCUT2D eigenvalue weighted by atomic mass is 79.9. The number of anilines is 2. The molecule has 2 heterocycles. The van der Waals surface area contributed by atoms with Crippen LogP contribution in [0.2, 0.25) is 0 Å². The van der Waals surface area contributed by atoms with Gasteiger partial charge in [-0.15, -0.1) is 11.3 Å². The first-order valence-electron chi connectivity index (χ1n) is 6.74. The van der Waals surface area contributed by atoms with E-state index in [0.717, 1.165) is 35.5 Å². The summed E-state index contributed by atoms with van der Waals surface area (Å²) in [5, 5.41) is 8.83. The van der Waals surface area contributed by atoms with Gasteiger partial charge in [-0.05, 0) is 40.7 Å². The molecule has 0 radical (unpaired) electrons. The highest BCUT2D eigenvalue weighted by molar-refractivity contribution is 9.10. The number of hydrogen-bond donors (Lipinski definition) is 2. The zero-order valence-corrected chi connectivity index (χ0v) is 14.1. The van der Waals surface area contributed by atoms with Crippen molar-refractivity contribution >= 4 is 38.9 Å². The number of nitrogens with zero attached hydrogens (tertiary/aromatic N) is 2. The van der Waals surface area contributed by atoms with Crippen LogP contribution in [0.4, 0.5) is 11.6 Å². The van der Waals surface area contributed by atoms with Crippen LogP contribution < -0.4 is 10.6 Å². The van der Waals surface area contributed by atoms with Gasteiger partial charge in [0.1, 0.15) is 22.4 Å². The Bertz CT molecular complexity index is 530. The molecular weight excluding hydrogens is 336 g/mol. The van der Waals surface area contributed by atoms with Crippen LogP contribution in [0.15, 0.2) is 28.3 Å². The Morgan fingerprint density at radius 1 is 1.35 bits per heavy atom.